The molecule has 4 atom stereocenters. The molecule has 3 aliphatic carbocycles. The minimum atomic E-state index is -2.66. The smallest absolute Gasteiger partial charge is 0.255 e. The Labute approximate surface area is 235 Å². The van der Waals surface area contributed by atoms with Crippen molar-refractivity contribution in [2.24, 2.45) is 23.0 Å². The zero-order chi connectivity index (χ0) is 29.8. The van der Waals surface area contributed by atoms with Crippen LogP contribution in [0.25, 0.3) is 17.1 Å². The normalized spacial score (nSPS) is 29.3. The lowest BCUT2D eigenvalue weighted by Crippen LogP contribution is -2.70. The van der Waals surface area contributed by atoms with Crippen molar-refractivity contribution in [2.75, 3.05) is 13.1 Å². The molecular formula is C30H33N3O8. The Balaban J connectivity index is 1.52. The molecule has 2 aromatic rings. The number of aliphatic hydroxyl groups excluding tert-OH is 2. The Hall–Kier alpha value is -3.96. The number of aromatic hydroxyl groups is 1. The number of amides is 1. The van der Waals surface area contributed by atoms with E-state index in [9.17, 15) is 34.8 Å². The highest BCUT2D eigenvalue weighted by Crippen LogP contribution is 2.54. The summed E-state index contributed by atoms with van der Waals surface area (Å²) in [5, 5.41) is 49.4. The molecule has 1 saturated heterocycles. The van der Waals surface area contributed by atoms with Gasteiger partial charge in [0.15, 0.2) is 17.1 Å². The van der Waals surface area contributed by atoms with Gasteiger partial charge < -0.3 is 30.7 Å². The van der Waals surface area contributed by atoms with Gasteiger partial charge in [-0.2, -0.15) is 0 Å². The van der Waals surface area contributed by atoms with Crippen LogP contribution in [0.5, 0.6) is 5.75 Å². The summed E-state index contributed by atoms with van der Waals surface area (Å²) < 4.78 is 5.59. The Kier molecular flexibility index (Phi) is 5.82. The number of hydrogen-bond acceptors (Lipinski definition) is 10. The van der Waals surface area contributed by atoms with Crippen molar-refractivity contribution in [2.45, 2.75) is 58.1 Å². The number of carbonyl (C=O) groups is 3. The zero-order valence-corrected chi connectivity index (χ0v) is 23.3. The molecule has 41 heavy (non-hydrogen) atoms. The average Bonchev–Trinajstić information content (AvgIpc) is 3.35. The number of aliphatic hydroxyl groups is 3. The van der Waals surface area contributed by atoms with Crippen molar-refractivity contribution in [3.8, 4) is 17.1 Å². The maximum atomic E-state index is 14.1. The van der Waals surface area contributed by atoms with E-state index in [0.717, 1.165) is 5.69 Å². The molecule has 11 nitrogen and oxygen atoms in total. The summed E-state index contributed by atoms with van der Waals surface area (Å²) in [7, 11) is 0. The fourth-order valence-electron chi connectivity index (χ4n) is 7.24. The summed E-state index contributed by atoms with van der Waals surface area (Å²) in [6.45, 7) is 8.91. The topological polar surface area (TPSA) is 187 Å². The number of aromatic nitrogens is 1. The van der Waals surface area contributed by atoms with E-state index in [0.29, 0.717) is 30.0 Å². The standard InChI is InChI=1S/C30H33N3O8/c1-12(2)17-9-19(41-32-17)14-5-6-18(34)21-15(14)7-13-8-16-23(33-10-29(3,4)11-33)25(36)22(28(31)39)27(38)30(16,40)26(37)20(13)24(21)35/h5-6,9,12-13,16,23,34-35,38,40H,7-8,10-11H2,1-4H3,(H2,31,39)/t13-,16-,23+,30-/m0/s1. The number of nitrogens with two attached hydrogens (primary N) is 1. The number of rotatable bonds is 4. The van der Waals surface area contributed by atoms with Gasteiger partial charge in [0.1, 0.15) is 22.8 Å². The number of benzene rings is 1. The number of hydrogen-bond donors (Lipinski definition) is 5. The molecular weight excluding hydrogens is 530 g/mol. The second kappa shape index (κ2) is 8.77. The summed E-state index contributed by atoms with van der Waals surface area (Å²) in [5.74, 6) is -6.16. The lowest BCUT2D eigenvalue weighted by Gasteiger charge is -2.56. The van der Waals surface area contributed by atoms with Crippen molar-refractivity contribution in [3.63, 3.8) is 0 Å². The first-order chi connectivity index (χ1) is 19.2. The van der Waals surface area contributed by atoms with Crippen molar-refractivity contribution >= 4 is 23.2 Å². The van der Waals surface area contributed by atoms with Crippen LogP contribution < -0.4 is 5.73 Å². The molecule has 6 N–H and O–H groups in total. The third kappa shape index (κ3) is 3.71. The zero-order valence-electron chi connectivity index (χ0n) is 23.3. The van der Waals surface area contributed by atoms with Gasteiger partial charge in [-0.25, -0.2) is 0 Å². The van der Waals surface area contributed by atoms with E-state index in [1.807, 2.05) is 27.7 Å². The highest BCUT2D eigenvalue weighted by Gasteiger charge is 2.65. The molecule has 2 fully saturated rings. The first-order valence-corrected chi connectivity index (χ1v) is 13.7. The summed E-state index contributed by atoms with van der Waals surface area (Å²) in [6, 6.07) is 3.73. The third-order valence-corrected chi connectivity index (χ3v) is 9.09. The first-order valence-electron chi connectivity index (χ1n) is 13.7. The van der Waals surface area contributed by atoms with Crippen LogP contribution in [0, 0.1) is 17.3 Å². The van der Waals surface area contributed by atoms with Gasteiger partial charge in [-0.3, -0.25) is 19.3 Å². The number of primary amides is 1. The maximum Gasteiger partial charge on any atom is 0.255 e. The second-order valence-corrected chi connectivity index (χ2v) is 12.8. The average molecular weight is 564 g/mol. The molecule has 0 bridgehead atoms. The SMILES string of the molecule is CC(C)c1cc(-c2ccc(O)c3c2C[C@H]2C[C@H]4[C@@H](N5CC(C)(C)C5)C(=O)C(C(N)=O)=C(O)[C@@]4(O)C(=O)C2=C3O)on1. The van der Waals surface area contributed by atoms with Gasteiger partial charge in [-0.05, 0) is 47.8 Å². The third-order valence-electron chi connectivity index (χ3n) is 9.09. The number of phenolic OH excluding ortho intramolecular Hbond substituents is 1. The number of Topliss-reactive ketones (excluding diaryl/α,β-unsaturated/α-hetero) is 2. The van der Waals surface area contributed by atoms with E-state index < -0.39 is 58.0 Å². The number of fused-ring (bicyclic) bond motifs is 3. The molecule has 1 aliphatic heterocycles. The lowest BCUT2D eigenvalue weighted by molar-refractivity contribution is -0.161. The lowest BCUT2D eigenvalue weighted by atomic mass is 9.56. The molecule has 1 saturated carbocycles. The number of nitrogens with zero attached hydrogens (tertiary/aromatic N) is 2. The van der Waals surface area contributed by atoms with Crippen LogP contribution in [0.1, 0.15) is 56.9 Å². The van der Waals surface area contributed by atoms with Gasteiger partial charge in [0.25, 0.3) is 5.91 Å². The van der Waals surface area contributed by atoms with Crippen LogP contribution in [0.3, 0.4) is 0 Å². The van der Waals surface area contributed by atoms with Crippen molar-refractivity contribution in [3.05, 3.63) is 51.9 Å². The molecule has 6 rings (SSSR count). The van der Waals surface area contributed by atoms with Crippen LogP contribution in [0.4, 0.5) is 0 Å². The van der Waals surface area contributed by atoms with E-state index in [4.69, 9.17) is 10.3 Å². The fraction of sp³-hybridized carbons (Fsp3) is 0.467. The molecule has 0 unspecified atom stereocenters. The van der Waals surface area contributed by atoms with Crippen molar-refractivity contribution in [1.29, 1.82) is 0 Å². The molecule has 4 aliphatic rings. The second-order valence-electron chi connectivity index (χ2n) is 12.8. The monoisotopic (exact) mass is 563 g/mol. The Morgan fingerprint density at radius 3 is 2.44 bits per heavy atom. The first kappa shape index (κ1) is 27.2. The number of phenols is 1. The Morgan fingerprint density at radius 2 is 1.85 bits per heavy atom. The summed E-state index contributed by atoms with van der Waals surface area (Å²) in [5.41, 5.74) is 3.52. The predicted octanol–water partition coefficient (Wildman–Crippen LogP) is 2.52. The highest BCUT2D eigenvalue weighted by atomic mass is 16.5. The van der Waals surface area contributed by atoms with Gasteiger partial charge in [0, 0.05) is 36.2 Å². The quantitative estimate of drug-likeness (QED) is 0.346. The van der Waals surface area contributed by atoms with Crippen molar-refractivity contribution < 1.29 is 39.3 Å². The molecule has 0 radical (unpaired) electrons. The summed E-state index contributed by atoms with van der Waals surface area (Å²) in [6.07, 6.45) is 0.210. The van der Waals surface area contributed by atoms with Gasteiger partial charge in [-0.1, -0.05) is 32.9 Å². The van der Waals surface area contributed by atoms with E-state index in [2.05, 4.69) is 5.16 Å². The molecule has 1 aromatic heterocycles. The van der Waals surface area contributed by atoms with E-state index in [1.165, 1.54) is 6.07 Å². The van der Waals surface area contributed by atoms with Gasteiger partial charge >= 0.3 is 0 Å². The minimum absolute atomic E-state index is 0.0122. The van der Waals surface area contributed by atoms with Crippen molar-refractivity contribution in [1.82, 2.24) is 10.1 Å². The minimum Gasteiger partial charge on any atom is -0.508 e. The number of carbonyl (C=O) groups excluding carboxylic acids is 3. The largest absolute Gasteiger partial charge is 0.508 e. The van der Waals surface area contributed by atoms with Crippen LogP contribution in [-0.4, -0.2) is 72.7 Å². The van der Waals surface area contributed by atoms with Gasteiger partial charge in [0.2, 0.25) is 5.78 Å². The predicted molar refractivity (Wildman–Crippen MR) is 145 cm³/mol. The maximum absolute atomic E-state index is 14.1. The molecule has 11 heteroatoms. The van der Waals surface area contributed by atoms with E-state index >= 15 is 0 Å². The van der Waals surface area contributed by atoms with Crippen LogP contribution in [0.2, 0.25) is 0 Å². The Bertz CT molecular complexity index is 1590. The molecule has 1 amide bonds. The fourth-order valence-corrected chi connectivity index (χ4v) is 7.24. The number of likely N-dealkylation sites (tertiary alicyclic amines) is 1. The summed E-state index contributed by atoms with van der Waals surface area (Å²) in [4.78, 5) is 41.8. The van der Waals surface area contributed by atoms with Crippen LogP contribution in [-0.2, 0) is 20.8 Å². The molecule has 216 valence electrons. The van der Waals surface area contributed by atoms with Gasteiger partial charge in [0.05, 0.1) is 17.3 Å². The highest BCUT2D eigenvalue weighted by molar-refractivity contribution is 6.24. The Morgan fingerprint density at radius 1 is 1.17 bits per heavy atom. The molecule has 1 aromatic carbocycles. The summed E-state index contributed by atoms with van der Waals surface area (Å²) >= 11 is 0. The van der Waals surface area contributed by atoms with E-state index in [1.54, 1.807) is 17.0 Å². The number of ketones is 2. The van der Waals surface area contributed by atoms with Gasteiger partial charge in [-0.15, -0.1) is 0 Å². The molecule has 0 spiro atoms. The molecule has 2 heterocycles. The van der Waals surface area contributed by atoms with Crippen LogP contribution in [0.15, 0.2) is 39.6 Å². The van der Waals surface area contributed by atoms with E-state index in [-0.39, 0.29) is 41.1 Å². The van der Waals surface area contributed by atoms with Crippen LogP contribution >= 0.6 is 0 Å².